The average molecular weight is 406 g/mol. The summed E-state index contributed by atoms with van der Waals surface area (Å²) in [6.45, 7) is 11.9. The Balaban J connectivity index is 2.20. The van der Waals surface area contributed by atoms with Crippen LogP contribution in [0.25, 0.3) is 0 Å². The molecule has 4 nitrogen and oxygen atoms in total. The summed E-state index contributed by atoms with van der Waals surface area (Å²) in [6.07, 6.45) is 8.07. The van der Waals surface area contributed by atoms with Gasteiger partial charge in [0.15, 0.2) is 6.54 Å². The topological polar surface area (TPSA) is 38.3 Å². The number of amides is 1. The van der Waals surface area contributed by atoms with E-state index in [2.05, 4.69) is 65.3 Å². The molecular weight excluding hydrogens is 360 g/mol. The second-order valence-electron chi connectivity index (χ2n) is 9.32. The highest BCUT2D eigenvalue weighted by Crippen LogP contribution is 2.24. The third-order valence-corrected chi connectivity index (χ3v) is 5.47. The minimum Gasteiger partial charge on any atom is -0.493 e. The summed E-state index contributed by atoms with van der Waals surface area (Å²) in [5.74, 6) is 1.71. The van der Waals surface area contributed by atoms with E-state index in [9.17, 15) is 4.79 Å². The molecule has 0 fully saturated rings. The molecule has 0 aliphatic heterocycles. The molecule has 0 saturated heterocycles. The summed E-state index contributed by atoms with van der Waals surface area (Å²) in [6, 6.07) is 6.52. The molecule has 4 heteroatoms. The van der Waals surface area contributed by atoms with Crippen LogP contribution in [-0.2, 0) is 4.79 Å². The molecule has 0 unspecified atom stereocenters. The van der Waals surface area contributed by atoms with Crippen molar-refractivity contribution in [3.63, 3.8) is 0 Å². The molecule has 0 atom stereocenters. The largest absolute Gasteiger partial charge is 0.493 e. The van der Waals surface area contributed by atoms with Crippen molar-refractivity contribution in [2.45, 2.75) is 78.6 Å². The van der Waals surface area contributed by atoms with Crippen LogP contribution in [0.1, 0.15) is 82.8 Å². The van der Waals surface area contributed by atoms with Crippen molar-refractivity contribution in [1.29, 1.82) is 0 Å². The van der Waals surface area contributed by atoms with E-state index in [-0.39, 0.29) is 5.91 Å². The zero-order valence-corrected chi connectivity index (χ0v) is 19.9. The van der Waals surface area contributed by atoms with E-state index >= 15 is 0 Å². The quantitative estimate of drug-likeness (QED) is 0.312. The number of carbonyl (C=O) groups excluding carboxylic acids is 1. The number of quaternary nitrogens is 1. The van der Waals surface area contributed by atoms with Gasteiger partial charge in [-0.25, -0.2) is 0 Å². The van der Waals surface area contributed by atoms with Crippen LogP contribution in [0.5, 0.6) is 5.75 Å². The van der Waals surface area contributed by atoms with Crippen molar-refractivity contribution in [3.8, 4) is 5.75 Å². The zero-order valence-electron chi connectivity index (χ0n) is 19.9. The Bertz CT molecular complexity index is 596. The number of rotatable bonds is 15. The van der Waals surface area contributed by atoms with Crippen molar-refractivity contribution in [2.75, 3.05) is 40.3 Å². The van der Waals surface area contributed by atoms with Crippen LogP contribution < -0.4 is 10.1 Å². The van der Waals surface area contributed by atoms with E-state index in [1.54, 1.807) is 0 Å². The highest BCUT2D eigenvalue weighted by molar-refractivity contribution is 5.76. The van der Waals surface area contributed by atoms with Crippen LogP contribution in [0, 0.1) is 6.92 Å². The summed E-state index contributed by atoms with van der Waals surface area (Å²) in [7, 11) is 4.29. The lowest BCUT2D eigenvalue weighted by molar-refractivity contribution is -0.882. The second kappa shape index (κ2) is 13.6. The lowest BCUT2D eigenvalue weighted by Crippen LogP contribution is -2.48. The van der Waals surface area contributed by atoms with Gasteiger partial charge in [-0.3, -0.25) is 4.79 Å². The van der Waals surface area contributed by atoms with E-state index in [0.717, 1.165) is 55.6 Å². The molecular formula is C25H45N2O2+. The molecule has 0 aliphatic carbocycles. The first-order valence-corrected chi connectivity index (χ1v) is 11.6. The molecule has 1 N–H and O–H groups in total. The van der Waals surface area contributed by atoms with Crippen LogP contribution in [0.3, 0.4) is 0 Å². The van der Waals surface area contributed by atoms with Gasteiger partial charge >= 0.3 is 0 Å². The monoisotopic (exact) mass is 405 g/mol. The Morgan fingerprint density at radius 3 is 2.48 bits per heavy atom. The fourth-order valence-electron chi connectivity index (χ4n) is 3.44. The molecule has 1 aromatic carbocycles. The van der Waals surface area contributed by atoms with Crippen LogP contribution in [0.15, 0.2) is 18.2 Å². The smallest absolute Gasteiger partial charge is 0.275 e. The summed E-state index contributed by atoms with van der Waals surface area (Å²) in [5, 5.41) is 3.07. The molecule has 0 aromatic heterocycles. The maximum atomic E-state index is 12.1. The SMILES string of the molecule is CCCCCCNC(=O)C[N+](C)(C)CCCCCOc1cc(C(C)C)ccc1C. The van der Waals surface area contributed by atoms with Gasteiger partial charge in [-0.1, -0.05) is 52.2 Å². The van der Waals surface area contributed by atoms with E-state index in [1.807, 2.05) is 0 Å². The number of nitrogens with zero attached hydrogens (tertiary/aromatic N) is 1. The first-order valence-electron chi connectivity index (χ1n) is 11.6. The molecule has 1 aromatic rings. The molecule has 0 heterocycles. The van der Waals surface area contributed by atoms with Crippen molar-refractivity contribution < 1.29 is 14.0 Å². The van der Waals surface area contributed by atoms with Gasteiger partial charge in [0, 0.05) is 6.54 Å². The fraction of sp³-hybridized carbons (Fsp3) is 0.720. The Morgan fingerprint density at radius 2 is 1.79 bits per heavy atom. The van der Waals surface area contributed by atoms with Gasteiger partial charge in [0.25, 0.3) is 5.91 Å². The van der Waals surface area contributed by atoms with Crippen LogP contribution in [0.4, 0.5) is 0 Å². The molecule has 0 bridgehead atoms. The Morgan fingerprint density at radius 1 is 1.07 bits per heavy atom. The number of aryl methyl sites for hydroxylation is 1. The van der Waals surface area contributed by atoms with E-state index in [1.165, 1.54) is 30.4 Å². The number of unbranched alkanes of at least 4 members (excludes halogenated alkanes) is 5. The summed E-state index contributed by atoms with van der Waals surface area (Å²) in [5.41, 5.74) is 2.53. The van der Waals surface area contributed by atoms with Gasteiger partial charge in [-0.05, 0) is 55.7 Å². The molecule has 0 aliphatic rings. The Kier molecular flexibility index (Phi) is 12.0. The molecule has 1 amide bonds. The number of hydrogen-bond acceptors (Lipinski definition) is 2. The van der Waals surface area contributed by atoms with Crippen molar-refractivity contribution >= 4 is 5.91 Å². The number of hydrogen-bond donors (Lipinski definition) is 1. The average Bonchev–Trinajstić information content (AvgIpc) is 2.65. The molecule has 0 radical (unpaired) electrons. The van der Waals surface area contributed by atoms with Gasteiger partial charge in [0.2, 0.25) is 0 Å². The fourth-order valence-corrected chi connectivity index (χ4v) is 3.44. The highest BCUT2D eigenvalue weighted by atomic mass is 16.5. The number of carbonyl (C=O) groups is 1. The number of ether oxygens (including phenoxy) is 1. The standard InChI is InChI=1S/C25H44N2O2/c1-7-8-9-11-16-26-25(28)20-27(5,6)17-12-10-13-18-29-24-19-23(21(2)3)15-14-22(24)4/h14-15,19,21H,7-13,16-18,20H2,1-6H3/p+1. The molecule has 29 heavy (non-hydrogen) atoms. The summed E-state index contributed by atoms with van der Waals surface area (Å²) >= 11 is 0. The van der Waals surface area contributed by atoms with E-state index < -0.39 is 0 Å². The molecule has 0 saturated carbocycles. The third kappa shape index (κ3) is 11.3. The van der Waals surface area contributed by atoms with Crippen LogP contribution >= 0.6 is 0 Å². The maximum absolute atomic E-state index is 12.1. The minimum absolute atomic E-state index is 0.176. The van der Waals surface area contributed by atoms with Gasteiger partial charge in [-0.2, -0.15) is 0 Å². The number of benzene rings is 1. The number of likely N-dealkylation sites (N-methyl/N-ethyl adjacent to an activating group) is 1. The highest BCUT2D eigenvalue weighted by Gasteiger charge is 2.19. The zero-order chi connectivity index (χ0) is 21.7. The lowest BCUT2D eigenvalue weighted by Gasteiger charge is -2.29. The predicted octanol–water partition coefficient (Wildman–Crippen LogP) is 5.44. The third-order valence-electron chi connectivity index (χ3n) is 5.47. The van der Waals surface area contributed by atoms with Gasteiger partial charge in [0.1, 0.15) is 5.75 Å². The predicted molar refractivity (Wildman–Crippen MR) is 124 cm³/mol. The van der Waals surface area contributed by atoms with E-state index in [0.29, 0.717) is 12.5 Å². The first kappa shape index (κ1) is 25.5. The molecule has 0 spiro atoms. The van der Waals surface area contributed by atoms with Gasteiger partial charge in [-0.15, -0.1) is 0 Å². The summed E-state index contributed by atoms with van der Waals surface area (Å²) < 4.78 is 6.77. The minimum atomic E-state index is 0.176. The summed E-state index contributed by atoms with van der Waals surface area (Å²) in [4.78, 5) is 12.1. The van der Waals surface area contributed by atoms with Gasteiger partial charge in [0.05, 0.1) is 27.2 Å². The van der Waals surface area contributed by atoms with Crippen LogP contribution in [-0.4, -0.2) is 50.7 Å². The Hall–Kier alpha value is -1.55. The Labute approximate surface area is 179 Å². The van der Waals surface area contributed by atoms with Crippen molar-refractivity contribution in [2.24, 2.45) is 0 Å². The lowest BCUT2D eigenvalue weighted by atomic mass is 10.0. The second-order valence-corrected chi connectivity index (χ2v) is 9.32. The van der Waals surface area contributed by atoms with Gasteiger partial charge < -0.3 is 14.5 Å². The molecule has 1 rings (SSSR count). The van der Waals surface area contributed by atoms with Crippen molar-refractivity contribution in [1.82, 2.24) is 5.32 Å². The number of nitrogens with one attached hydrogen (secondary N) is 1. The molecule has 166 valence electrons. The first-order chi connectivity index (χ1) is 13.7. The maximum Gasteiger partial charge on any atom is 0.275 e. The normalized spacial score (nSPS) is 11.7. The van der Waals surface area contributed by atoms with E-state index in [4.69, 9.17) is 4.74 Å². The van der Waals surface area contributed by atoms with Crippen LogP contribution in [0.2, 0.25) is 0 Å². The van der Waals surface area contributed by atoms with Crippen molar-refractivity contribution in [3.05, 3.63) is 29.3 Å².